The number of hydrogen-bond donors (Lipinski definition) is 1. The number of rotatable bonds is 1. The maximum atomic E-state index is 4.53. The van der Waals surface area contributed by atoms with Gasteiger partial charge in [-0.1, -0.05) is 84.9 Å². The number of aromatic nitrogens is 5. The third-order valence-electron chi connectivity index (χ3n) is 5.36. The van der Waals surface area contributed by atoms with Crippen LogP contribution in [-0.4, -0.2) is 24.9 Å². The molecule has 0 amide bonds. The molecule has 3 aromatic heterocycles. The lowest BCUT2D eigenvalue weighted by molar-refractivity contribution is 1.23. The summed E-state index contributed by atoms with van der Waals surface area (Å²) in [6.07, 6.45) is 5.37. The van der Waals surface area contributed by atoms with E-state index in [2.05, 4.69) is 37.1 Å². The van der Waals surface area contributed by atoms with Crippen molar-refractivity contribution in [3.63, 3.8) is 0 Å². The van der Waals surface area contributed by atoms with E-state index in [0.717, 1.165) is 38.8 Å². The highest BCUT2D eigenvalue weighted by molar-refractivity contribution is 5.79. The highest BCUT2D eigenvalue weighted by Crippen LogP contribution is 2.17. The van der Waals surface area contributed by atoms with Crippen molar-refractivity contribution in [3.8, 4) is 11.4 Å². The van der Waals surface area contributed by atoms with E-state index in [9.17, 15) is 0 Å². The monoisotopic (exact) mass is 453 g/mol. The highest BCUT2D eigenvalue weighted by Gasteiger charge is 2.01. The SMILES string of the molecule is c1ccc(-c2ncc3ccccc3n2)cc1.c1ccc2[nH]cnc2c1.c1ccc2ncccc2c1. The van der Waals surface area contributed by atoms with Crippen LogP contribution in [0.3, 0.4) is 0 Å². The standard InChI is InChI=1S/C14H10N2.C9H7N.C7H6N2/c1-2-6-11(7-3-1)14-15-10-12-8-4-5-9-13(12)16-14;1-2-6-9-8(4-1)5-3-7-10-9;1-2-4-7-6(3-1)8-5-9-7/h1-10H;1-7H;1-5H,(H,8,9). The Bertz CT molecular complexity index is 1560. The third kappa shape index (κ3) is 5.54. The molecule has 4 aromatic carbocycles. The normalized spacial score (nSPS) is 10.3. The fourth-order valence-electron chi connectivity index (χ4n) is 3.59. The van der Waals surface area contributed by atoms with Crippen molar-refractivity contribution in [2.75, 3.05) is 0 Å². The molecule has 1 N–H and O–H groups in total. The minimum atomic E-state index is 0.777. The van der Waals surface area contributed by atoms with Crippen molar-refractivity contribution < 1.29 is 0 Å². The smallest absolute Gasteiger partial charge is 0.159 e. The predicted octanol–water partition coefficient (Wildman–Crippen LogP) is 7.09. The zero-order chi connectivity index (χ0) is 23.7. The Morgan fingerprint density at radius 1 is 0.486 bits per heavy atom. The van der Waals surface area contributed by atoms with Crippen LogP contribution in [0.4, 0.5) is 0 Å². The average Bonchev–Trinajstić information content (AvgIpc) is 3.43. The van der Waals surface area contributed by atoms with E-state index in [-0.39, 0.29) is 0 Å². The number of H-pyrrole nitrogens is 1. The van der Waals surface area contributed by atoms with E-state index >= 15 is 0 Å². The van der Waals surface area contributed by atoms with Crippen molar-refractivity contribution in [1.29, 1.82) is 0 Å². The van der Waals surface area contributed by atoms with Crippen molar-refractivity contribution in [1.82, 2.24) is 24.9 Å². The molecule has 168 valence electrons. The number of pyridine rings is 1. The number of fused-ring (bicyclic) bond motifs is 3. The minimum absolute atomic E-state index is 0.777. The maximum Gasteiger partial charge on any atom is 0.159 e. The molecule has 7 aromatic rings. The number of nitrogens with one attached hydrogen (secondary N) is 1. The van der Waals surface area contributed by atoms with Gasteiger partial charge in [0.05, 0.1) is 28.4 Å². The molecule has 7 rings (SSSR count). The largest absolute Gasteiger partial charge is 0.345 e. The van der Waals surface area contributed by atoms with Gasteiger partial charge in [-0.05, 0) is 30.3 Å². The lowest BCUT2D eigenvalue weighted by Crippen LogP contribution is -1.88. The topological polar surface area (TPSA) is 67.3 Å². The summed E-state index contributed by atoms with van der Waals surface area (Å²) in [5, 5.41) is 2.27. The summed E-state index contributed by atoms with van der Waals surface area (Å²) in [5.74, 6) is 0.777. The first kappa shape index (κ1) is 21.9. The van der Waals surface area contributed by atoms with Crippen LogP contribution in [0.15, 0.2) is 134 Å². The van der Waals surface area contributed by atoms with Gasteiger partial charge in [0.2, 0.25) is 0 Å². The fourth-order valence-corrected chi connectivity index (χ4v) is 3.59. The van der Waals surface area contributed by atoms with Gasteiger partial charge in [0.15, 0.2) is 5.82 Å². The lowest BCUT2D eigenvalue weighted by atomic mass is 10.2. The Morgan fingerprint density at radius 2 is 1.14 bits per heavy atom. The molecule has 0 aliphatic rings. The predicted molar refractivity (Wildman–Crippen MR) is 143 cm³/mol. The van der Waals surface area contributed by atoms with Gasteiger partial charge in [-0.3, -0.25) is 4.98 Å². The number of imidazole rings is 1. The molecule has 3 heterocycles. The van der Waals surface area contributed by atoms with Crippen LogP contribution in [0, 0.1) is 0 Å². The quantitative estimate of drug-likeness (QED) is 0.288. The molecule has 0 radical (unpaired) electrons. The molecule has 0 atom stereocenters. The van der Waals surface area contributed by atoms with E-state index in [1.54, 1.807) is 6.33 Å². The Hall–Kier alpha value is -4.90. The molecule has 0 aliphatic heterocycles. The van der Waals surface area contributed by atoms with E-state index in [4.69, 9.17) is 0 Å². The highest BCUT2D eigenvalue weighted by atomic mass is 14.9. The second-order valence-electron chi connectivity index (χ2n) is 7.73. The minimum Gasteiger partial charge on any atom is -0.345 e. The van der Waals surface area contributed by atoms with Gasteiger partial charge in [0, 0.05) is 28.7 Å². The van der Waals surface area contributed by atoms with E-state index < -0.39 is 0 Å². The van der Waals surface area contributed by atoms with Crippen LogP contribution in [-0.2, 0) is 0 Å². The molecule has 5 heteroatoms. The van der Waals surface area contributed by atoms with Gasteiger partial charge in [-0.15, -0.1) is 0 Å². The Morgan fingerprint density at radius 3 is 1.94 bits per heavy atom. The van der Waals surface area contributed by atoms with Crippen molar-refractivity contribution >= 4 is 32.8 Å². The Balaban J connectivity index is 0.000000115. The van der Waals surface area contributed by atoms with Gasteiger partial charge >= 0.3 is 0 Å². The van der Waals surface area contributed by atoms with Crippen molar-refractivity contribution in [2.45, 2.75) is 0 Å². The summed E-state index contributed by atoms with van der Waals surface area (Å²) in [7, 11) is 0. The Kier molecular flexibility index (Phi) is 6.77. The molecule has 5 nitrogen and oxygen atoms in total. The molecular formula is C30H23N5. The summed E-state index contributed by atoms with van der Waals surface area (Å²) in [4.78, 5) is 20.2. The number of nitrogens with zero attached hydrogens (tertiary/aromatic N) is 4. The maximum absolute atomic E-state index is 4.53. The molecule has 0 aliphatic carbocycles. The first-order chi connectivity index (χ1) is 17.4. The molecule has 0 fully saturated rings. The first-order valence-corrected chi connectivity index (χ1v) is 11.3. The summed E-state index contributed by atoms with van der Waals surface area (Å²) < 4.78 is 0. The van der Waals surface area contributed by atoms with Crippen LogP contribution in [0.5, 0.6) is 0 Å². The van der Waals surface area contributed by atoms with Gasteiger partial charge in [-0.2, -0.15) is 0 Å². The van der Waals surface area contributed by atoms with Crippen molar-refractivity contribution in [2.24, 2.45) is 0 Å². The van der Waals surface area contributed by atoms with Crippen LogP contribution < -0.4 is 0 Å². The van der Waals surface area contributed by atoms with E-state index in [0.29, 0.717) is 0 Å². The molecule has 0 saturated carbocycles. The van der Waals surface area contributed by atoms with E-state index in [1.807, 2.05) is 116 Å². The summed E-state index contributed by atoms with van der Waals surface area (Å²) in [6.45, 7) is 0. The molecule has 0 unspecified atom stereocenters. The summed E-state index contributed by atoms with van der Waals surface area (Å²) in [6, 6.07) is 38.0. The second-order valence-corrected chi connectivity index (χ2v) is 7.73. The van der Waals surface area contributed by atoms with Gasteiger partial charge < -0.3 is 4.98 Å². The van der Waals surface area contributed by atoms with E-state index in [1.165, 1.54) is 5.39 Å². The number of para-hydroxylation sites is 4. The third-order valence-corrected chi connectivity index (χ3v) is 5.36. The molecule has 0 spiro atoms. The number of aromatic amines is 1. The Labute approximate surface area is 203 Å². The first-order valence-electron chi connectivity index (χ1n) is 11.3. The zero-order valence-corrected chi connectivity index (χ0v) is 19.0. The summed E-state index contributed by atoms with van der Waals surface area (Å²) >= 11 is 0. The second kappa shape index (κ2) is 10.8. The van der Waals surface area contributed by atoms with Crippen LogP contribution in [0.1, 0.15) is 0 Å². The molecule has 0 bridgehead atoms. The fraction of sp³-hybridized carbons (Fsp3) is 0. The van der Waals surface area contributed by atoms with Gasteiger partial charge in [0.25, 0.3) is 0 Å². The van der Waals surface area contributed by atoms with Crippen LogP contribution in [0.2, 0.25) is 0 Å². The number of hydrogen-bond acceptors (Lipinski definition) is 4. The number of benzene rings is 4. The zero-order valence-electron chi connectivity index (χ0n) is 19.0. The molecule has 35 heavy (non-hydrogen) atoms. The summed E-state index contributed by atoms with van der Waals surface area (Å²) in [5.41, 5.74) is 5.21. The van der Waals surface area contributed by atoms with Crippen LogP contribution >= 0.6 is 0 Å². The van der Waals surface area contributed by atoms with Gasteiger partial charge in [0.1, 0.15) is 0 Å². The van der Waals surface area contributed by atoms with Crippen LogP contribution in [0.25, 0.3) is 44.2 Å². The molecule has 0 saturated heterocycles. The average molecular weight is 454 g/mol. The van der Waals surface area contributed by atoms with Gasteiger partial charge in [-0.25, -0.2) is 15.0 Å². The lowest BCUT2D eigenvalue weighted by Gasteiger charge is -2.01. The molecular weight excluding hydrogens is 430 g/mol. The van der Waals surface area contributed by atoms with Crippen molar-refractivity contribution in [3.05, 3.63) is 134 Å².